The van der Waals surface area contributed by atoms with Crippen LogP contribution in [0.4, 0.5) is 0 Å². The van der Waals surface area contributed by atoms with Gasteiger partial charge in [-0.25, -0.2) is 0 Å². The van der Waals surface area contributed by atoms with Crippen molar-refractivity contribution in [2.75, 3.05) is 13.6 Å². The van der Waals surface area contributed by atoms with E-state index in [-0.39, 0.29) is 35.9 Å². The van der Waals surface area contributed by atoms with Gasteiger partial charge in [-0.05, 0) is 58.3 Å². The first-order chi connectivity index (χ1) is 10.2. The molecule has 0 aromatic heterocycles. The summed E-state index contributed by atoms with van der Waals surface area (Å²) in [6.07, 6.45) is 5.32. The molecule has 0 aromatic carbocycles. The van der Waals surface area contributed by atoms with Crippen LogP contribution in [0.3, 0.4) is 0 Å². The number of carbonyl (C=O) groups excluding carboxylic acids is 2. The Kier molecular flexibility index (Phi) is 5.15. The van der Waals surface area contributed by atoms with E-state index in [1.807, 2.05) is 20.8 Å². The fourth-order valence-electron chi connectivity index (χ4n) is 4.05. The van der Waals surface area contributed by atoms with E-state index in [0.29, 0.717) is 11.8 Å². The third-order valence-electron chi connectivity index (χ3n) is 5.03. The van der Waals surface area contributed by atoms with Crippen LogP contribution in [0.15, 0.2) is 0 Å². The van der Waals surface area contributed by atoms with E-state index < -0.39 is 0 Å². The molecule has 22 heavy (non-hydrogen) atoms. The number of fused-ring (bicyclic) bond motifs is 2. The summed E-state index contributed by atoms with van der Waals surface area (Å²) in [5.41, 5.74) is 6.02. The molecule has 5 nitrogen and oxygen atoms in total. The smallest absolute Gasteiger partial charge is 0.240 e. The summed E-state index contributed by atoms with van der Waals surface area (Å²) >= 11 is 0. The molecule has 2 aliphatic rings. The van der Waals surface area contributed by atoms with Crippen LogP contribution in [0.5, 0.6) is 0 Å². The molecule has 2 rings (SSSR count). The maximum Gasteiger partial charge on any atom is 0.240 e. The number of amides is 2. The van der Waals surface area contributed by atoms with Crippen LogP contribution >= 0.6 is 0 Å². The minimum Gasteiger partial charge on any atom is -0.350 e. The maximum atomic E-state index is 12.6. The molecule has 2 amide bonds. The van der Waals surface area contributed by atoms with E-state index in [2.05, 4.69) is 5.32 Å². The number of likely N-dealkylation sites (N-methyl/N-ethyl adjacent to an activating group) is 1. The van der Waals surface area contributed by atoms with Gasteiger partial charge in [-0.15, -0.1) is 0 Å². The standard InChI is InChI=1S/C17H31N3O2/c1-17(2,3)19-14(21)10-20(4)16(22)13-8-11-6-5-7-12(9-13)15(11)18/h11-13,15H,5-10,18H2,1-4H3,(H,19,21). The normalized spacial score (nSPS) is 31.5. The second kappa shape index (κ2) is 6.57. The summed E-state index contributed by atoms with van der Waals surface area (Å²) in [5, 5.41) is 2.90. The molecule has 0 saturated heterocycles. The lowest BCUT2D eigenvalue weighted by Crippen LogP contribution is -2.51. The first-order valence-electron chi connectivity index (χ1n) is 8.49. The van der Waals surface area contributed by atoms with Gasteiger partial charge in [0.25, 0.3) is 0 Å². The Morgan fingerprint density at radius 2 is 1.73 bits per heavy atom. The summed E-state index contributed by atoms with van der Waals surface area (Å²) in [5.74, 6) is 1.02. The number of nitrogens with one attached hydrogen (secondary N) is 1. The fraction of sp³-hybridized carbons (Fsp3) is 0.882. The lowest BCUT2D eigenvalue weighted by Gasteiger charge is -2.44. The molecule has 2 atom stereocenters. The van der Waals surface area contributed by atoms with Crippen molar-refractivity contribution in [2.24, 2.45) is 23.5 Å². The predicted octanol–water partition coefficient (Wildman–Crippen LogP) is 1.51. The van der Waals surface area contributed by atoms with Crippen molar-refractivity contribution < 1.29 is 9.59 Å². The van der Waals surface area contributed by atoms with Crippen molar-refractivity contribution in [3.63, 3.8) is 0 Å². The molecule has 2 aliphatic carbocycles. The van der Waals surface area contributed by atoms with Gasteiger partial charge in [0.2, 0.25) is 11.8 Å². The van der Waals surface area contributed by atoms with Gasteiger partial charge in [0.15, 0.2) is 0 Å². The van der Waals surface area contributed by atoms with Crippen LogP contribution in [0.25, 0.3) is 0 Å². The minimum atomic E-state index is -0.268. The molecule has 0 aliphatic heterocycles. The molecule has 3 N–H and O–H groups in total. The van der Waals surface area contributed by atoms with Crippen molar-refractivity contribution in [2.45, 2.75) is 64.5 Å². The summed E-state index contributed by atoms with van der Waals surface area (Å²) in [7, 11) is 1.73. The molecule has 126 valence electrons. The number of carbonyl (C=O) groups is 2. The van der Waals surface area contributed by atoms with Gasteiger partial charge in [0.1, 0.15) is 0 Å². The van der Waals surface area contributed by atoms with Crippen molar-refractivity contribution >= 4 is 11.8 Å². The molecule has 0 radical (unpaired) electrons. The molecule has 2 unspecified atom stereocenters. The van der Waals surface area contributed by atoms with Crippen LogP contribution in [0.1, 0.15) is 52.9 Å². The van der Waals surface area contributed by atoms with E-state index in [1.165, 1.54) is 6.42 Å². The summed E-state index contributed by atoms with van der Waals surface area (Å²) in [6, 6.07) is 0.271. The monoisotopic (exact) mass is 309 g/mol. The van der Waals surface area contributed by atoms with Crippen LogP contribution < -0.4 is 11.1 Å². The molecule has 0 heterocycles. The molecule has 5 heteroatoms. The Morgan fingerprint density at radius 1 is 1.18 bits per heavy atom. The molecule has 2 fully saturated rings. The van der Waals surface area contributed by atoms with E-state index in [9.17, 15) is 9.59 Å². The van der Waals surface area contributed by atoms with Gasteiger partial charge in [-0.2, -0.15) is 0 Å². The lowest BCUT2D eigenvalue weighted by atomic mass is 9.65. The Balaban J connectivity index is 1.90. The highest BCUT2D eigenvalue weighted by Crippen LogP contribution is 2.42. The zero-order valence-corrected chi connectivity index (χ0v) is 14.4. The van der Waals surface area contributed by atoms with Crippen LogP contribution in [0.2, 0.25) is 0 Å². The number of rotatable bonds is 3. The Labute approximate surface area is 134 Å². The third kappa shape index (κ3) is 4.22. The van der Waals surface area contributed by atoms with E-state index in [4.69, 9.17) is 5.73 Å². The highest BCUT2D eigenvalue weighted by molar-refractivity contribution is 5.86. The average molecular weight is 309 g/mol. The van der Waals surface area contributed by atoms with Crippen LogP contribution in [-0.4, -0.2) is 41.9 Å². The fourth-order valence-corrected chi connectivity index (χ4v) is 4.05. The Bertz CT molecular complexity index is 416. The van der Waals surface area contributed by atoms with E-state index in [1.54, 1.807) is 11.9 Å². The topological polar surface area (TPSA) is 75.4 Å². The average Bonchev–Trinajstić information content (AvgIpc) is 2.34. The first-order valence-corrected chi connectivity index (χ1v) is 8.49. The second-order valence-corrected chi connectivity index (χ2v) is 8.19. The van der Waals surface area contributed by atoms with Gasteiger partial charge in [0.05, 0.1) is 6.54 Å². The SMILES string of the molecule is CN(CC(=O)NC(C)(C)C)C(=O)C1CC2CCCC(C1)C2N. The molecule has 2 bridgehead atoms. The van der Waals surface area contributed by atoms with E-state index in [0.717, 1.165) is 25.7 Å². The van der Waals surface area contributed by atoms with Crippen molar-refractivity contribution in [1.82, 2.24) is 10.2 Å². The van der Waals surface area contributed by atoms with Crippen LogP contribution in [-0.2, 0) is 9.59 Å². The summed E-state index contributed by atoms with van der Waals surface area (Å²) in [6.45, 7) is 5.96. The third-order valence-corrected chi connectivity index (χ3v) is 5.03. The lowest BCUT2D eigenvalue weighted by molar-refractivity contribution is -0.140. The highest BCUT2D eigenvalue weighted by atomic mass is 16.2. The number of hydrogen-bond donors (Lipinski definition) is 2. The van der Waals surface area contributed by atoms with Gasteiger partial charge < -0.3 is 16.0 Å². The number of nitrogens with two attached hydrogens (primary N) is 1. The van der Waals surface area contributed by atoms with Gasteiger partial charge in [-0.3, -0.25) is 9.59 Å². The zero-order chi connectivity index (χ0) is 16.5. The van der Waals surface area contributed by atoms with Crippen molar-refractivity contribution in [1.29, 1.82) is 0 Å². The first kappa shape index (κ1) is 17.3. The Hall–Kier alpha value is -1.10. The van der Waals surface area contributed by atoms with Gasteiger partial charge in [-0.1, -0.05) is 6.42 Å². The van der Waals surface area contributed by atoms with Gasteiger partial charge >= 0.3 is 0 Å². The molecule has 0 spiro atoms. The molecule has 2 saturated carbocycles. The summed E-state index contributed by atoms with van der Waals surface area (Å²) < 4.78 is 0. The molecule has 0 aromatic rings. The zero-order valence-electron chi connectivity index (χ0n) is 14.4. The van der Waals surface area contributed by atoms with Crippen LogP contribution in [0, 0.1) is 17.8 Å². The highest BCUT2D eigenvalue weighted by Gasteiger charge is 2.41. The van der Waals surface area contributed by atoms with Crippen molar-refractivity contribution in [3.8, 4) is 0 Å². The molecular weight excluding hydrogens is 278 g/mol. The summed E-state index contributed by atoms with van der Waals surface area (Å²) in [4.78, 5) is 26.2. The number of nitrogens with zero attached hydrogens (tertiary/aromatic N) is 1. The quantitative estimate of drug-likeness (QED) is 0.830. The maximum absolute atomic E-state index is 12.6. The van der Waals surface area contributed by atoms with E-state index >= 15 is 0 Å². The molecular formula is C17H31N3O2. The second-order valence-electron chi connectivity index (χ2n) is 8.19. The Morgan fingerprint density at radius 3 is 2.23 bits per heavy atom. The largest absolute Gasteiger partial charge is 0.350 e. The minimum absolute atomic E-state index is 0.0440. The number of hydrogen-bond acceptors (Lipinski definition) is 3. The van der Waals surface area contributed by atoms with Crippen molar-refractivity contribution in [3.05, 3.63) is 0 Å². The predicted molar refractivity (Wildman–Crippen MR) is 87.1 cm³/mol. The van der Waals surface area contributed by atoms with Gasteiger partial charge in [0, 0.05) is 24.5 Å².